The molecule has 1 aliphatic carbocycles. The lowest BCUT2D eigenvalue weighted by Gasteiger charge is -2.43. The van der Waals surface area contributed by atoms with Crippen LogP contribution in [0.5, 0.6) is 0 Å². The Morgan fingerprint density at radius 3 is 1.94 bits per heavy atom. The fraction of sp³-hybridized carbons (Fsp3) is 0.361. The molecular formula is C97H104BrClIN15O11S. The van der Waals surface area contributed by atoms with Gasteiger partial charge in [-0.1, -0.05) is 84.7 Å². The first-order valence-electron chi connectivity index (χ1n) is 42.6. The van der Waals surface area contributed by atoms with E-state index in [1.807, 2.05) is 106 Å². The minimum atomic E-state index is -0.426. The molecule has 660 valence electrons. The normalized spacial score (nSPS) is 17.1. The highest BCUT2D eigenvalue weighted by Crippen LogP contribution is 2.47. The molecule has 0 bridgehead atoms. The molecule has 3 atom stereocenters. The summed E-state index contributed by atoms with van der Waals surface area (Å²) in [4.78, 5) is 139. The predicted molar refractivity (Wildman–Crippen MR) is 507 cm³/mol. The Balaban J connectivity index is 0.000000139. The molecule has 11 heterocycles. The van der Waals surface area contributed by atoms with Gasteiger partial charge in [0, 0.05) is 183 Å². The van der Waals surface area contributed by atoms with Crippen LogP contribution in [0.2, 0.25) is 5.02 Å². The van der Waals surface area contributed by atoms with E-state index in [2.05, 4.69) is 153 Å². The van der Waals surface area contributed by atoms with Crippen LogP contribution in [-0.2, 0) is 59.6 Å². The third-order valence-corrected chi connectivity index (χ3v) is 28.1. The average molecular weight is 1930 g/mol. The fourth-order valence-electron chi connectivity index (χ4n) is 18.5. The number of rotatable bonds is 26. The molecule has 10 aromatic rings. The number of aromatic nitrogens is 4. The van der Waals surface area contributed by atoms with Gasteiger partial charge in [0.05, 0.1) is 81.5 Å². The molecule has 5 saturated heterocycles. The minimum Gasteiger partial charge on any atom is -0.368 e. The van der Waals surface area contributed by atoms with E-state index in [4.69, 9.17) is 11.6 Å². The molecule has 2 N–H and O–H groups in total. The molecule has 17 rings (SSSR count). The minimum absolute atomic E-state index is 0.0379. The maximum atomic E-state index is 14.1. The molecule has 0 spiro atoms. The van der Waals surface area contributed by atoms with Crippen molar-refractivity contribution in [2.45, 2.75) is 129 Å². The lowest BCUT2D eigenvalue weighted by molar-refractivity contribution is -0.384. The monoisotopic (exact) mass is 1930 g/mol. The Hall–Kier alpha value is -11.6. The first-order chi connectivity index (χ1) is 60.8. The number of nitro benzene ring substituents is 1. The van der Waals surface area contributed by atoms with Crippen molar-refractivity contribution >= 4 is 164 Å². The number of nitriles is 1. The van der Waals surface area contributed by atoms with Gasteiger partial charge in [0.1, 0.15) is 12.6 Å². The molecule has 1 saturated carbocycles. The number of halogens is 3. The molecule has 6 aliphatic heterocycles. The molecule has 127 heavy (non-hydrogen) atoms. The molecule has 0 radical (unpaired) electrons. The Morgan fingerprint density at radius 1 is 0.717 bits per heavy atom. The molecule has 3 unspecified atom stereocenters. The van der Waals surface area contributed by atoms with Gasteiger partial charge in [-0.15, -0.1) is 11.3 Å². The van der Waals surface area contributed by atoms with Gasteiger partial charge < -0.3 is 63.2 Å². The van der Waals surface area contributed by atoms with E-state index in [1.54, 1.807) is 50.4 Å². The van der Waals surface area contributed by atoms with Gasteiger partial charge in [-0.05, 0) is 221 Å². The summed E-state index contributed by atoms with van der Waals surface area (Å²) >= 11 is 13.6. The standard InChI is InChI=1S/C31H33N5O2.C27H31BrN4O3S.C22H24ClN3O2.C17H16IN3O4/c1-6-20(3)34-16-25(17-34)33-28(37)18-36-22(5)29(27-14-23(15-32)13-19(2)30(27)36)31(38)35-12-11-24-9-7-8-10-26(24)21(35)4;1-5-25(34)32-13-18(14-32)10-20(33)15-31-16-22(21-11-19(28)6-7-23(21)31)27(35)29-12-24(30(3)4)26-17(2)8-9-36-26;1-3-20(27)24-11-17(12-24)25-7-6-18(22(25)28)26-19(14-4-5-14)10-15-9-16(23)8-13(2)21(15)26;1-2-17(23)20-7-11(8-20)5-13(22)9-19-10-15(18)14-6-12(21(24)25)3-4-16(14)19/h6-10,13-14,21,25H,1,3,11-12,16-18H2,2,4-5H3,(H,33,37);5-9,11,16,18,24H,1,10,12-15H2,2-4H3,(H,29,35);3,8-10,14,17-18H,1,4-7,11-12H2,2H3;2-4,6,10-11H,1,5,7-9H2. The van der Waals surface area contributed by atoms with Crippen molar-refractivity contribution in [3.05, 3.63) is 262 Å². The molecule has 6 fully saturated rings. The number of ketones is 2. The number of carbonyl (C=O) groups is 9. The molecule has 26 nitrogen and oxygen atoms in total. The van der Waals surface area contributed by atoms with E-state index in [-0.39, 0.29) is 120 Å². The number of nitrogens with zero attached hydrogens (tertiary/aromatic N) is 13. The first-order valence-corrected chi connectivity index (χ1v) is 45.8. The number of likely N-dealkylation sites (N-methyl/N-ethyl adjacent to an activating group) is 1. The number of non-ortho nitro benzene ring substituents is 1. The zero-order valence-corrected chi connectivity index (χ0v) is 77.7. The number of aryl methyl sites for hydroxylation is 3. The predicted octanol–water partition coefficient (Wildman–Crippen LogP) is 15.2. The fourth-order valence-corrected chi connectivity index (χ4v) is 21.0. The van der Waals surface area contributed by atoms with E-state index in [0.29, 0.717) is 101 Å². The van der Waals surface area contributed by atoms with Crippen LogP contribution in [0.3, 0.4) is 0 Å². The number of hydrogen-bond donors (Lipinski definition) is 2. The summed E-state index contributed by atoms with van der Waals surface area (Å²) in [6.07, 6.45) is 14.1. The number of hydrogen-bond acceptors (Lipinski definition) is 15. The maximum absolute atomic E-state index is 14.1. The summed E-state index contributed by atoms with van der Waals surface area (Å²) in [6.45, 7) is 35.6. The van der Waals surface area contributed by atoms with Crippen molar-refractivity contribution in [1.29, 1.82) is 5.26 Å². The SMILES string of the molecule is C=CC(=C)N1CC(NC(=O)Cn2c(C)c(C(=O)N3CCc4ccccc4C3C)c3cc(C#N)cc(C)c32)C1.C=CC(=O)N1CC(CC(=O)Cn2cc(C(=O)NCC(c3sccc3C)N(C)C)c3cc(Br)ccc32)C1.C=CC(=O)N1CC(CC(=O)Cn2cc(I)c3cc([N+](=O)[O-])ccc32)C1.C=CC(=O)N1CC(N2CCC(n3c(C4CC4)cc4cc(Cl)cc(C)c43)C2=O)C1. The van der Waals surface area contributed by atoms with E-state index in [0.717, 1.165) is 104 Å². The molecule has 7 aliphatic rings. The van der Waals surface area contributed by atoms with Gasteiger partial charge in [-0.25, -0.2) is 0 Å². The zero-order chi connectivity index (χ0) is 90.8. The summed E-state index contributed by atoms with van der Waals surface area (Å²) < 4.78 is 9.65. The molecule has 5 aromatic carbocycles. The summed E-state index contributed by atoms with van der Waals surface area (Å²) in [7, 11) is 4.03. The van der Waals surface area contributed by atoms with Gasteiger partial charge in [0.2, 0.25) is 29.5 Å². The average Bonchev–Trinajstić information content (AvgIpc) is 1.62. The van der Waals surface area contributed by atoms with Crippen LogP contribution in [0.15, 0.2) is 182 Å². The summed E-state index contributed by atoms with van der Waals surface area (Å²) in [5.74, 6) is 0.674. The highest BCUT2D eigenvalue weighted by atomic mass is 127. The summed E-state index contributed by atoms with van der Waals surface area (Å²) in [6, 6.07) is 32.8. The van der Waals surface area contributed by atoms with E-state index in [9.17, 15) is 58.5 Å². The van der Waals surface area contributed by atoms with Crippen LogP contribution in [0.25, 0.3) is 43.6 Å². The Morgan fingerprint density at radius 2 is 1.34 bits per heavy atom. The number of Topliss-reactive ketones (excluding diaryl/α,β-unsaturated/α-hetero) is 2. The number of allylic oxidation sites excluding steroid dienone is 1. The zero-order valence-electron chi connectivity index (χ0n) is 72.4. The Bertz CT molecular complexity index is 6180. The lowest BCUT2D eigenvalue weighted by Crippen LogP contribution is -2.61. The van der Waals surface area contributed by atoms with E-state index >= 15 is 0 Å². The summed E-state index contributed by atoms with van der Waals surface area (Å²) in [5.41, 5.74) is 13.8. The smallest absolute Gasteiger partial charge is 0.270 e. The number of likely N-dealkylation sites (tertiary alicyclic amines) is 5. The van der Waals surface area contributed by atoms with Crippen LogP contribution in [-0.4, -0.2) is 209 Å². The molecule has 5 aromatic heterocycles. The van der Waals surface area contributed by atoms with Crippen LogP contribution >= 0.6 is 61.5 Å². The third-order valence-electron chi connectivity index (χ3n) is 25.4. The van der Waals surface area contributed by atoms with Crippen LogP contribution in [0.4, 0.5) is 5.69 Å². The number of fused-ring (bicyclic) bond motifs is 5. The van der Waals surface area contributed by atoms with Gasteiger partial charge in [0.25, 0.3) is 17.5 Å². The Labute approximate surface area is 769 Å². The molecular weight excluding hydrogens is 1830 g/mol. The van der Waals surface area contributed by atoms with Crippen molar-refractivity contribution in [3.63, 3.8) is 0 Å². The van der Waals surface area contributed by atoms with E-state index < -0.39 is 4.92 Å². The number of carbonyl (C=O) groups excluding carboxylic acids is 9. The number of thiophene rings is 1. The van der Waals surface area contributed by atoms with Crippen molar-refractivity contribution in [1.82, 2.24) is 63.2 Å². The summed E-state index contributed by atoms with van der Waals surface area (Å²) in [5, 5.41) is 33.0. The van der Waals surface area contributed by atoms with Crippen LogP contribution in [0.1, 0.15) is 133 Å². The lowest BCUT2D eigenvalue weighted by atomic mass is 9.92. The van der Waals surface area contributed by atoms with Crippen molar-refractivity contribution in [2.24, 2.45) is 11.8 Å². The van der Waals surface area contributed by atoms with E-state index in [1.165, 1.54) is 64.9 Å². The van der Waals surface area contributed by atoms with Gasteiger partial charge in [-0.3, -0.25) is 53.3 Å². The third kappa shape index (κ3) is 19.6. The van der Waals surface area contributed by atoms with Crippen molar-refractivity contribution < 1.29 is 48.1 Å². The van der Waals surface area contributed by atoms with Crippen molar-refractivity contribution in [3.8, 4) is 6.07 Å². The second kappa shape index (κ2) is 39.0. The number of nitro groups is 1. The second-order valence-electron chi connectivity index (χ2n) is 34.3. The highest BCUT2D eigenvalue weighted by Gasteiger charge is 2.45. The van der Waals surface area contributed by atoms with Gasteiger partial charge in [0.15, 0.2) is 11.6 Å². The number of nitrogens with one attached hydrogen (secondary N) is 2. The highest BCUT2D eigenvalue weighted by molar-refractivity contribution is 14.1. The van der Waals surface area contributed by atoms with Crippen LogP contribution < -0.4 is 10.6 Å². The Kier molecular flexibility index (Phi) is 28.1. The first kappa shape index (κ1) is 91.6. The van der Waals surface area contributed by atoms with Gasteiger partial charge >= 0.3 is 0 Å². The largest absolute Gasteiger partial charge is 0.368 e. The molecule has 7 amide bonds. The topological polar surface area (TPSA) is 287 Å². The maximum Gasteiger partial charge on any atom is 0.270 e. The molecule has 30 heteroatoms. The quantitative estimate of drug-likeness (QED) is 0.0168. The van der Waals surface area contributed by atoms with Crippen molar-refractivity contribution in [2.75, 3.05) is 86.1 Å². The van der Waals surface area contributed by atoms with Crippen LogP contribution in [0, 0.1) is 64.5 Å². The van der Waals surface area contributed by atoms with Gasteiger partial charge in [-0.2, -0.15) is 5.26 Å². The number of amides is 7. The number of benzene rings is 5. The second-order valence-corrected chi connectivity index (χ2v) is 37.8.